The summed E-state index contributed by atoms with van der Waals surface area (Å²) in [5, 5.41) is 18.1. The van der Waals surface area contributed by atoms with E-state index in [-0.39, 0.29) is 0 Å². The van der Waals surface area contributed by atoms with Crippen LogP contribution in [0, 0.1) is 17.4 Å². The smallest absolute Gasteiger partial charge is 0.205 e. The number of anilines is 1. The van der Waals surface area contributed by atoms with Crippen molar-refractivity contribution >= 4 is 28.4 Å². The van der Waals surface area contributed by atoms with Crippen molar-refractivity contribution in [2.75, 3.05) is 5.32 Å². The molecule has 0 aliphatic rings. The summed E-state index contributed by atoms with van der Waals surface area (Å²) in [7, 11) is 0. The highest BCUT2D eigenvalue weighted by Crippen LogP contribution is 2.40. The number of benzene rings is 5. The van der Waals surface area contributed by atoms with E-state index in [0.717, 1.165) is 59.9 Å². The number of nitrogens with zero attached hydrogens (tertiary/aromatic N) is 6. The lowest BCUT2D eigenvalue weighted by molar-refractivity contribution is 0.396. The summed E-state index contributed by atoms with van der Waals surface area (Å²) in [4.78, 5) is 10.8. The molecule has 0 saturated carbocycles. The zero-order chi connectivity index (χ0) is 32.2. The van der Waals surface area contributed by atoms with Crippen LogP contribution in [0.1, 0.15) is 33.8 Å². The molecule has 0 unspecified atom stereocenters. The lowest BCUT2D eigenvalue weighted by atomic mass is 9.77. The predicted molar refractivity (Wildman–Crippen MR) is 195 cm³/mol. The third kappa shape index (κ3) is 5.92. The molecule has 2 heterocycles. The average Bonchev–Trinajstić information content (AvgIpc) is 3.62. The summed E-state index contributed by atoms with van der Waals surface area (Å²) in [6.45, 7) is 4.58. The zero-order valence-corrected chi connectivity index (χ0v) is 28.2. The van der Waals surface area contributed by atoms with Gasteiger partial charge >= 0.3 is 0 Å². The highest BCUT2D eigenvalue weighted by Gasteiger charge is 2.41. The minimum absolute atomic E-state index is 0.558. The van der Waals surface area contributed by atoms with E-state index >= 15 is 0 Å². The SMILES string of the molecule is Cc1nc(C)c(I)c(NCc2ccc(-c3ccccc3-c3nnn(C(c4ccccc4)(c4ccccc4)c4ccccc4)n3)cc2)n1. The van der Waals surface area contributed by atoms with Gasteiger partial charge in [0.2, 0.25) is 5.82 Å². The molecule has 0 atom stereocenters. The van der Waals surface area contributed by atoms with Gasteiger partial charge in [0.05, 0.1) is 9.26 Å². The van der Waals surface area contributed by atoms with Gasteiger partial charge in [0.25, 0.3) is 0 Å². The van der Waals surface area contributed by atoms with Gasteiger partial charge in [-0.2, -0.15) is 0 Å². The van der Waals surface area contributed by atoms with Crippen LogP contribution < -0.4 is 5.32 Å². The number of halogens is 1. The highest BCUT2D eigenvalue weighted by molar-refractivity contribution is 14.1. The molecule has 1 N–H and O–H groups in total. The van der Waals surface area contributed by atoms with Crippen molar-refractivity contribution in [1.29, 1.82) is 0 Å². The Balaban J connectivity index is 1.26. The first-order valence-electron chi connectivity index (χ1n) is 15.4. The third-order valence-electron chi connectivity index (χ3n) is 8.31. The molecule has 7 nitrogen and oxygen atoms in total. The van der Waals surface area contributed by atoms with Gasteiger partial charge in [-0.15, -0.1) is 15.0 Å². The minimum Gasteiger partial charge on any atom is -0.365 e. The Morgan fingerprint density at radius 2 is 1.17 bits per heavy atom. The van der Waals surface area contributed by atoms with Crippen LogP contribution in [0.3, 0.4) is 0 Å². The summed E-state index contributed by atoms with van der Waals surface area (Å²) in [5.41, 5.74) is 7.44. The van der Waals surface area contributed by atoms with Crippen LogP contribution in [-0.4, -0.2) is 30.2 Å². The second-order valence-corrected chi connectivity index (χ2v) is 12.4. The maximum absolute atomic E-state index is 5.14. The molecule has 0 aliphatic heterocycles. The summed E-state index contributed by atoms with van der Waals surface area (Å²) < 4.78 is 1.04. The number of hydrogen-bond donors (Lipinski definition) is 1. The van der Waals surface area contributed by atoms with E-state index in [2.05, 4.69) is 147 Å². The number of aromatic nitrogens is 6. The van der Waals surface area contributed by atoms with Crippen molar-refractivity contribution in [2.24, 2.45) is 0 Å². The van der Waals surface area contributed by atoms with Crippen molar-refractivity contribution in [3.05, 3.63) is 177 Å². The molecule has 7 aromatic rings. The van der Waals surface area contributed by atoms with Crippen LogP contribution in [0.2, 0.25) is 0 Å². The lowest BCUT2D eigenvalue weighted by Crippen LogP contribution is -2.39. The zero-order valence-electron chi connectivity index (χ0n) is 26.0. The molecule has 0 spiro atoms. The topological polar surface area (TPSA) is 81.4 Å². The minimum atomic E-state index is -0.836. The van der Waals surface area contributed by atoms with Crippen molar-refractivity contribution in [1.82, 2.24) is 30.2 Å². The highest BCUT2D eigenvalue weighted by atomic mass is 127. The van der Waals surface area contributed by atoms with Gasteiger partial charge in [-0.3, -0.25) is 0 Å². The van der Waals surface area contributed by atoms with Crippen LogP contribution in [0.25, 0.3) is 22.5 Å². The molecule has 5 aromatic carbocycles. The van der Waals surface area contributed by atoms with E-state index in [9.17, 15) is 0 Å². The third-order valence-corrected chi connectivity index (χ3v) is 9.60. The van der Waals surface area contributed by atoms with Crippen LogP contribution in [-0.2, 0) is 12.1 Å². The molecule has 2 aromatic heterocycles. The molecule has 7 rings (SSSR count). The standard InChI is InChI=1S/C39H32IN7/c1-27-36(40)38(43-28(2)42-27)41-26-29-22-24-30(25-23-29)34-20-12-13-21-35(34)37-44-46-47(45-37)39(31-14-6-3-7-15-31,32-16-8-4-9-17-32)33-18-10-5-11-19-33/h3-25H,26H2,1-2H3,(H,41,42,43). The largest absolute Gasteiger partial charge is 0.365 e. The second-order valence-electron chi connectivity index (χ2n) is 11.3. The van der Waals surface area contributed by atoms with Gasteiger partial charge in [-0.25, -0.2) is 9.97 Å². The molecule has 0 fully saturated rings. The Kier molecular flexibility index (Phi) is 8.58. The van der Waals surface area contributed by atoms with Crippen molar-refractivity contribution < 1.29 is 0 Å². The second kappa shape index (κ2) is 13.3. The molecule has 8 heteroatoms. The van der Waals surface area contributed by atoms with Crippen molar-refractivity contribution in [2.45, 2.75) is 25.9 Å². The van der Waals surface area contributed by atoms with Crippen molar-refractivity contribution in [3.63, 3.8) is 0 Å². The van der Waals surface area contributed by atoms with Gasteiger partial charge in [0.15, 0.2) is 5.54 Å². The molecule has 0 aliphatic carbocycles. The average molecular weight is 726 g/mol. The van der Waals surface area contributed by atoms with Gasteiger partial charge in [-0.1, -0.05) is 140 Å². The lowest BCUT2D eigenvalue weighted by Gasteiger charge is -2.34. The first-order chi connectivity index (χ1) is 23.0. The summed E-state index contributed by atoms with van der Waals surface area (Å²) in [6, 6.07) is 48.0. The first-order valence-corrected chi connectivity index (χ1v) is 16.5. The van der Waals surface area contributed by atoms with Gasteiger partial charge in [-0.05, 0) is 75.0 Å². The molecular weight excluding hydrogens is 693 g/mol. The fourth-order valence-corrected chi connectivity index (χ4v) is 6.51. The van der Waals surface area contributed by atoms with Crippen LogP contribution in [0.15, 0.2) is 140 Å². The fourth-order valence-electron chi connectivity index (χ4n) is 6.08. The van der Waals surface area contributed by atoms with Gasteiger partial charge in [0.1, 0.15) is 11.6 Å². The summed E-state index contributed by atoms with van der Waals surface area (Å²) >= 11 is 2.30. The fraction of sp³-hybridized carbons (Fsp3) is 0.103. The molecule has 0 amide bonds. The van der Waals surface area contributed by atoms with E-state index in [0.29, 0.717) is 12.4 Å². The Bertz CT molecular complexity index is 2020. The molecule has 47 heavy (non-hydrogen) atoms. The summed E-state index contributed by atoms with van der Waals surface area (Å²) in [6.07, 6.45) is 0. The predicted octanol–water partition coefficient (Wildman–Crippen LogP) is 8.47. The maximum atomic E-state index is 5.14. The quantitative estimate of drug-likeness (QED) is 0.119. The van der Waals surface area contributed by atoms with Crippen LogP contribution in [0.5, 0.6) is 0 Å². The Morgan fingerprint density at radius 1 is 0.638 bits per heavy atom. The summed E-state index contributed by atoms with van der Waals surface area (Å²) in [5.74, 6) is 2.18. The number of aryl methyl sites for hydroxylation is 2. The molecule has 0 saturated heterocycles. The van der Waals surface area contributed by atoms with E-state index in [1.165, 1.54) is 0 Å². The van der Waals surface area contributed by atoms with E-state index in [1.54, 1.807) is 4.80 Å². The number of rotatable bonds is 9. The van der Waals surface area contributed by atoms with Crippen LogP contribution >= 0.6 is 22.6 Å². The van der Waals surface area contributed by atoms with Crippen LogP contribution in [0.4, 0.5) is 5.82 Å². The van der Waals surface area contributed by atoms with E-state index in [1.807, 2.05) is 44.2 Å². The number of tetrazole rings is 1. The molecule has 0 bridgehead atoms. The van der Waals surface area contributed by atoms with Crippen molar-refractivity contribution in [3.8, 4) is 22.5 Å². The maximum Gasteiger partial charge on any atom is 0.205 e. The van der Waals surface area contributed by atoms with E-state index < -0.39 is 5.54 Å². The van der Waals surface area contributed by atoms with Gasteiger partial charge < -0.3 is 5.32 Å². The monoisotopic (exact) mass is 725 g/mol. The molecule has 230 valence electrons. The van der Waals surface area contributed by atoms with E-state index in [4.69, 9.17) is 15.4 Å². The molecular formula is C39H32IN7. The normalized spacial score (nSPS) is 11.4. The Labute approximate surface area is 287 Å². The van der Waals surface area contributed by atoms with Gasteiger partial charge in [0, 0.05) is 12.1 Å². The molecule has 0 radical (unpaired) electrons. The number of hydrogen-bond acceptors (Lipinski definition) is 6. The Morgan fingerprint density at radius 3 is 1.74 bits per heavy atom. The number of nitrogens with one attached hydrogen (secondary N) is 1. The first kappa shape index (κ1) is 30.4. The Hall–Kier alpha value is -5.22.